The minimum absolute atomic E-state index is 0.356. The summed E-state index contributed by atoms with van der Waals surface area (Å²) in [5.41, 5.74) is 1.64. The summed E-state index contributed by atoms with van der Waals surface area (Å²) in [6.45, 7) is 1.12. The van der Waals surface area contributed by atoms with Crippen LogP contribution in [0, 0.1) is 5.92 Å². The van der Waals surface area contributed by atoms with Gasteiger partial charge < -0.3 is 24.1 Å². The number of piperidine rings is 1. The molecule has 2 unspecified atom stereocenters. The molecular weight excluding hydrogens is 422 g/mol. The van der Waals surface area contributed by atoms with Crippen molar-refractivity contribution in [1.82, 2.24) is 4.90 Å². The Morgan fingerprint density at radius 2 is 1.58 bits per heavy atom. The van der Waals surface area contributed by atoms with E-state index in [4.69, 9.17) is 30.5 Å². The summed E-state index contributed by atoms with van der Waals surface area (Å²) >= 11 is 6.36. The van der Waals surface area contributed by atoms with Crippen molar-refractivity contribution >= 4 is 17.6 Å². The molecule has 2 aromatic carbocycles. The van der Waals surface area contributed by atoms with Crippen LogP contribution < -0.4 is 18.9 Å². The zero-order valence-electron chi connectivity index (χ0n) is 18.2. The van der Waals surface area contributed by atoms with Gasteiger partial charge in [-0.1, -0.05) is 11.6 Å². The van der Waals surface area contributed by atoms with Crippen LogP contribution in [0.3, 0.4) is 0 Å². The van der Waals surface area contributed by atoms with Crippen molar-refractivity contribution in [2.75, 3.05) is 41.5 Å². The van der Waals surface area contributed by atoms with Gasteiger partial charge in [0.15, 0.2) is 11.5 Å². The number of carbonyl (C=O) groups is 1. The summed E-state index contributed by atoms with van der Waals surface area (Å²) in [6.07, 6.45) is 1.42. The summed E-state index contributed by atoms with van der Waals surface area (Å²) in [7, 11) is 6.33. The van der Waals surface area contributed by atoms with Crippen molar-refractivity contribution in [3.63, 3.8) is 0 Å². The number of benzene rings is 2. The van der Waals surface area contributed by atoms with Crippen LogP contribution in [0.25, 0.3) is 0 Å². The third-order valence-corrected chi connectivity index (χ3v) is 5.92. The van der Waals surface area contributed by atoms with Crippen molar-refractivity contribution in [2.24, 2.45) is 5.92 Å². The first-order valence-corrected chi connectivity index (χ1v) is 10.4. The van der Waals surface area contributed by atoms with Crippen LogP contribution in [0.1, 0.15) is 30.0 Å². The fraction of sp³-hybridized carbons (Fsp3) is 0.435. The van der Waals surface area contributed by atoms with Crippen molar-refractivity contribution in [3.05, 3.63) is 46.5 Å². The monoisotopic (exact) mass is 449 g/mol. The SMILES string of the molecule is COc1cc(OC)c(C(c2cc(Cl)ccc2OC)N2CCCC(C(=O)O)C2)cc1OC. The Bertz CT molecular complexity index is 935. The lowest BCUT2D eigenvalue weighted by atomic mass is 9.90. The predicted molar refractivity (Wildman–Crippen MR) is 118 cm³/mol. The molecule has 1 saturated heterocycles. The first-order valence-electron chi connectivity index (χ1n) is 10.0. The number of carboxylic acid groups (broad SMARTS) is 1. The normalized spacial score (nSPS) is 17.6. The standard InChI is InChI=1S/C23H28ClNO6/c1-28-18-8-7-15(24)10-16(18)22(25-9-5-6-14(13-25)23(26)27)17-11-20(30-3)21(31-4)12-19(17)29-2/h7-8,10-12,14,22H,5-6,9,13H2,1-4H3,(H,26,27). The van der Waals surface area contributed by atoms with Crippen LogP contribution in [0.2, 0.25) is 5.02 Å². The predicted octanol–water partition coefficient (Wildman–Crippen LogP) is 4.26. The molecule has 1 aliphatic rings. The fourth-order valence-corrected chi connectivity index (χ4v) is 4.37. The zero-order chi connectivity index (χ0) is 22.5. The number of hydrogen-bond acceptors (Lipinski definition) is 6. The smallest absolute Gasteiger partial charge is 0.307 e. The molecule has 1 heterocycles. The number of nitrogens with zero attached hydrogens (tertiary/aromatic N) is 1. The summed E-state index contributed by atoms with van der Waals surface area (Å²) in [5.74, 6) is 1.11. The summed E-state index contributed by atoms with van der Waals surface area (Å²) in [5, 5.41) is 10.2. The fourth-order valence-electron chi connectivity index (χ4n) is 4.19. The highest BCUT2D eigenvalue weighted by molar-refractivity contribution is 6.30. The van der Waals surface area contributed by atoms with E-state index in [1.54, 1.807) is 40.6 Å². The maximum Gasteiger partial charge on any atom is 0.307 e. The molecular formula is C23H28ClNO6. The molecule has 2 aromatic rings. The van der Waals surface area contributed by atoms with Gasteiger partial charge in [0.2, 0.25) is 0 Å². The van der Waals surface area contributed by atoms with E-state index >= 15 is 0 Å². The molecule has 0 aromatic heterocycles. The number of methoxy groups -OCH3 is 4. The van der Waals surface area contributed by atoms with E-state index in [1.807, 2.05) is 18.2 Å². The Hall–Kier alpha value is -2.64. The first-order chi connectivity index (χ1) is 14.9. The summed E-state index contributed by atoms with van der Waals surface area (Å²) in [4.78, 5) is 13.9. The summed E-state index contributed by atoms with van der Waals surface area (Å²) < 4.78 is 22.3. The van der Waals surface area contributed by atoms with Gasteiger partial charge in [0, 0.05) is 28.8 Å². The lowest BCUT2D eigenvalue weighted by Crippen LogP contribution is -2.41. The molecule has 0 saturated carbocycles. The second kappa shape index (κ2) is 10.1. The van der Waals surface area contributed by atoms with Crippen molar-refractivity contribution in [2.45, 2.75) is 18.9 Å². The van der Waals surface area contributed by atoms with Gasteiger partial charge in [0.25, 0.3) is 0 Å². The lowest BCUT2D eigenvalue weighted by molar-refractivity contribution is -0.143. The van der Waals surface area contributed by atoms with Gasteiger partial charge in [0.05, 0.1) is 40.4 Å². The molecule has 0 spiro atoms. The Kier molecular flexibility index (Phi) is 7.51. The molecule has 0 aliphatic carbocycles. The highest BCUT2D eigenvalue weighted by atomic mass is 35.5. The molecule has 7 nitrogen and oxygen atoms in total. The molecule has 1 N–H and O–H groups in total. The third-order valence-electron chi connectivity index (χ3n) is 5.68. The van der Waals surface area contributed by atoms with Gasteiger partial charge in [0.1, 0.15) is 11.5 Å². The Morgan fingerprint density at radius 1 is 0.968 bits per heavy atom. The van der Waals surface area contributed by atoms with Gasteiger partial charge in [-0.25, -0.2) is 0 Å². The number of aliphatic carboxylic acids is 1. The molecule has 2 atom stereocenters. The van der Waals surface area contributed by atoms with E-state index in [1.165, 1.54) is 0 Å². The van der Waals surface area contributed by atoms with Crippen LogP contribution in [0.5, 0.6) is 23.0 Å². The Balaban J connectivity index is 2.22. The average Bonchev–Trinajstić information content (AvgIpc) is 2.79. The number of likely N-dealkylation sites (tertiary alicyclic amines) is 1. The molecule has 0 bridgehead atoms. The molecule has 3 rings (SSSR count). The quantitative estimate of drug-likeness (QED) is 0.645. The van der Waals surface area contributed by atoms with Crippen molar-refractivity contribution in [1.29, 1.82) is 0 Å². The van der Waals surface area contributed by atoms with E-state index in [0.29, 0.717) is 41.0 Å². The number of carboxylic acids is 1. The average molecular weight is 450 g/mol. The molecule has 8 heteroatoms. The van der Waals surface area contributed by atoms with Crippen LogP contribution >= 0.6 is 11.6 Å². The number of hydrogen-bond donors (Lipinski definition) is 1. The number of ether oxygens (including phenoxy) is 4. The minimum Gasteiger partial charge on any atom is -0.496 e. The van der Waals surface area contributed by atoms with Crippen molar-refractivity contribution in [3.8, 4) is 23.0 Å². The van der Waals surface area contributed by atoms with Gasteiger partial charge in [-0.2, -0.15) is 0 Å². The second-order valence-corrected chi connectivity index (χ2v) is 7.85. The van der Waals surface area contributed by atoms with Gasteiger partial charge in [-0.3, -0.25) is 9.69 Å². The van der Waals surface area contributed by atoms with E-state index in [0.717, 1.165) is 24.1 Å². The first kappa shape index (κ1) is 23.0. The van der Waals surface area contributed by atoms with Crippen LogP contribution in [0.4, 0.5) is 0 Å². The van der Waals surface area contributed by atoms with E-state index in [9.17, 15) is 9.90 Å². The lowest BCUT2D eigenvalue weighted by Gasteiger charge is -2.38. The van der Waals surface area contributed by atoms with Crippen molar-refractivity contribution < 1.29 is 28.8 Å². The molecule has 1 fully saturated rings. The van der Waals surface area contributed by atoms with Crippen LogP contribution in [0.15, 0.2) is 30.3 Å². The highest BCUT2D eigenvalue weighted by Crippen LogP contribution is 2.45. The van der Waals surface area contributed by atoms with Crippen LogP contribution in [-0.4, -0.2) is 57.5 Å². The molecule has 0 radical (unpaired) electrons. The van der Waals surface area contributed by atoms with Gasteiger partial charge in [-0.05, 0) is 43.7 Å². The summed E-state index contributed by atoms with van der Waals surface area (Å²) in [6, 6.07) is 8.72. The van der Waals surface area contributed by atoms with Crippen LogP contribution in [-0.2, 0) is 4.79 Å². The van der Waals surface area contributed by atoms with E-state index in [-0.39, 0.29) is 6.04 Å². The highest BCUT2D eigenvalue weighted by Gasteiger charge is 2.35. The number of rotatable bonds is 8. The molecule has 0 amide bonds. The Morgan fingerprint density at radius 3 is 2.19 bits per heavy atom. The van der Waals surface area contributed by atoms with E-state index in [2.05, 4.69) is 4.90 Å². The Labute approximate surface area is 187 Å². The third kappa shape index (κ3) is 4.83. The minimum atomic E-state index is -0.791. The molecule has 31 heavy (non-hydrogen) atoms. The van der Waals surface area contributed by atoms with Gasteiger partial charge in [-0.15, -0.1) is 0 Å². The molecule has 168 valence electrons. The van der Waals surface area contributed by atoms with Gasteiger partial charge >= 0.3 is 5.97 Å². The maximum absolute atomic E-state index is 11.7. The zero-order valence-corrected chi connectivity index (χ0v) is 18.9. The largest absolute Gasteiger partial charge is 0.496 e. The topological polar surface area (TPSA) is 77.5 Å². The second-order valence-electron chi connectivity index (χ2n) is 7.41. The number of halogens is 1. The maximum atomic E-state index is 11.7. The molecule has 1 aliphatic heterocycles. The van der Waals surface area contributed by atoms with E-state index < -0.39 is 11.9 Å².